The van der Waals surface area contributed by atoms with Crippen LogP contribution in [0.25, 0.3) is 22.3 Å². The number of hydrogen-bond acceptors (Lipinski definition) is 5. The molecule has 1 saturated heterocycles. The van der Waals surface area contributed by atoms with Crippen LogP contribution >= 0.6 is 0 Å². The van der Waals surface area contributed by atoms with E-state index in [4.69, 9.17) is 4.98 Å². The lowest BCUT2D eigenvalue weighted by molar-refractivity contribution is -0.136. The number of rotatable bonds is 9. The fraction of sp³-hybridized carbons (Fsp3) is 0.538. The van der Waals surface area contributed by atoms with Gasteiger partial charge < -0.3 is 10.0 Å². The van der Waals surface area contributed by atoms with Gasteiger partial charge in [-0.3, -0.25) is 18.8 Å². The second kappa shape index (κ2) is 13.4. The molecule has 0 radical (unpaired) electrons. The molecule has 4 aromatic rings. The van der Waals surface area contributed by atoms with Crippen molar-refractivity contribution in [2.45, 2.75) is 102 Å². The molecule has 3 unspecified atom stereocenters. The molecule has 2 aromatic heterocycles. The number of hydrogen-bond donors (Lipinski definition) is 1. The van der Waals surface area contributed by atoms with Crippen molar-refractivity contribution in [2.75, 3.05) is 13.1 Å². The minimum atomic E-state index is -1.09. The molecule has 8 heteroatoms. The SMILES string of the molecule is CC(CC(=O)N1CCC(O)(Cn2cnc3c(-c4ccc(C5CCC(CC6CCCC6)C5)cc4)n(C)nc3c2=O)CC1)c1ccccc1. The number of likely N-dealkylation sites (tertiary alicyclic amines) is 1. The maximum atomic E-state index is 13.6. The predicted octanol–water partition coefficient (Wildman–Crippen LogP) is 6.81. The van der Waals surface area contributed by atoms with E-state index in [2.05, 4.69) is 48.4 Å². The Morgan fingerprint density at radius 1 is 0.957 bits per heavy atom. The van der Waals surface area contributed by atoms with E-state index >= 15 is 0 Å². The van der Waals surface area contributed by atoms with Crippen molar-refractivity contribution >= 4 is 16.9 Å². The monoisotopic (exact) mass is 635 g/mol. The molecule has 2 aromatic carbocycles. The molecule has 0 bridgehead atoms. The number of carbonyl (C=O) groups excluding carboxylic acids is 1. The van der Waals surface area contributed by atoms with Gasteiger partial charge in [0.2, 0.25) is 5.91 Å². The molecule has 3 heterocycles. The molecule has 7 rings (SSSR count). The summed E-state index contributed by atoms with van der Waals surface area (Å²) in [5, 5.41) is 16.1. The largest absolute Gasteiger partial charge is 0.388 e. The summed E-state index contributed by atoms with van der Waals surface area (Å²) < 4.78 is 3.24. The van der Waals surface area contributed by atoms with E-state index < -0.39 is 5.60 Å². The molecule has 47 heavy (non-hydrogen) atoms. The van der Waals surface area contributed by atoms with Crippen LogP contribution in [-0.2, 0) is 18.4 Å². The Bertz CT molecular complexity index is 1750. The van der Waals surface area contributed by atoms with Crippen LogP contribution in [0, 0.1) is 11.8 Å². The van der Waals surface area contributed by atoms with Gasteiger partial charge >= 0.3 is 0 Å². The van der Waals surface area contributed by atoms with Gasteiger partial charge in [-0.2, -0.15) is 5.10 Å². The minimum Gasteiger partial charge on any atom is -0.388 e. The van der Waals surface area contributed by atoms with Crippen molar-refractivity contribution in [1.29, 1.82) is 0 Å². The number of aromatic nitrogens is 4. The van der Waals surface area contributed by atoms with Crippen LogP contribution < -0.4 is 5.56 Å². The van der Waals surface area contributed by atoms with Crippen molar-refractivity contribution in [3.63, 3.8) is 0 Å². The molecule has 2 aliphatic carbocycles. The van der Waals surface area contributed by atoms with Crippen molar-refractivity contribution in [3.8, 4) is 11.3 Å². The Morgan fingerprint density at radius 3 is 2.40 bits per heavy atom. The normalized spacial score (nSPS) is 22.2. The Kier molecular flexibility index (Phi) is 9.05. The number of carbonyl (C=O) groups is 1. The van der Waals surface area contributed by atoms with Crippen LogP contribution in [0.15, 0.2) is 65.7 Å². The van der Waals surface area contributed by atoms with Crippen molar-refractivity contribution in [2.24, 2.45) is 18.9 Å². The molecular weight excluding hydrogens is 586 g/mol. The summed E-state index contributed by atoms with van der Waals surface area (Å²) in [5.41, 5.74) is 3.94. The Labute approximate surface area is 277 Å². The van der Waals surface area contributed by atoms with Crippen molar-refractivity contribution < 1.29 is 9.90 Å². The molecule has 1 amide bonds. The third-order valence-electron chi connectivity index (χ3n) is 11.5. The molecule has 1 aliphatic heterocycles. The molecule has 1 N–H and O–H groups in total. The van der Waals surface area contributed by atoms with Crippen LogP contribution in [0.1, 0.15) is 101 Å². The van der Waals surface area contributed by atoms with Gasteiger partial charge in [0, 0.05) is 32.1 Å². The van der Waals surface area contributed by atoms with Crippen LogP contribution in [0.4, 0.5) is 0 Å². The average molecular weight is 636 g/mol. The number of nitrogens with zero attached hydrogens (tertiary/aromatic N) is 5. The number of fused-ring (bicyclic) bond motifs is 1. The van der Waals surface area contributed by atoms with Crippen LogP contribution in [0.2, 0.25) is 0 Å². The summed E-state index contributed by atoms with van der Waals surface area (Å²) in [5.74, 6) is 2.70. The first-order valence-corrected chi connectivity index (χ1v) is 17.8. The number of benzene rings is 2. The molecule has 248 valence electrons. The van der Waals surface area contributed by atoms with E-state index in [1.54, 1.807) is 11.0 Å². The maximum Gasteiger partial charge on any atom is 0.281 e. The zero-order valence-corrected chi connectivity index (χ0v) is 28.0. The summed E-state index contributed by atoms with van der Waals surface area (Å²) in [6.07, 6.45) is 13.9. The van der Waals surface area contributed by atoms with E-state index in [1.165, 1.54) is 61.5 Å². The highest BCUT2D eigenvalue weighted by Gasteiger charge is 2.35. The van der Waals surface area contributed by atoms with E-state index in [0.717, 1.165) is 28.7 Å². The zero-order chi connectivity index (χ0) is 32.5. The first-order valence-electron chi connectivity index (χ1n) is 17.8. The summed E-state index contributed by atoms with van der Waals surface area (Å²) >= 11 is 0. The smallest absolute Gasteiger partial charge is 0.281 e. The Balaban J connectivity index is 0.992. The van der Waals surface area contributed by atoms with Gasteiger partial charge in [0.1, 0.15) is 5.52 Å². The topological polar surface area (TPSA) is 93.2 Å². The van der Waals surface area contributed by atoms with Gasteiger partial charge in [-0.25, -0.2) is 4.98 Å². The second-order valence-corrected chi connectivity index (χ2v) is 14.9. The zero-order valence-electron chi connectivity index (χ0n) is 28.0. The highest BCUT2D eigenvalue weighted by molar-refractivity contribution is 5.89. The average Bonchev–Trinajstić information content (AvgIpc) is 3.84. The van der Waals surface area contributed by atoms with Crippen LogP contribution in [0.5, 0.6) is 0 Å². The summed E-state index contributed by atoms with van der Waals surface area (Å²) in [6, 6.07) is 18.9. The fourth-order valence-corrected chi connectivity index (χ4v) is 8.69. The standard InChI is InChI=1S/C39H49N5O3/c1-27(30-10-4-3-5-11-30)22-34(45)43-20-18-39(47,19-21-43)25-44-26-40-35-36(38(44)46)41-42(2)37(35)32-16-14-31(15-17-32)33-13-12-29(24-33)23-28-8-6-7-9-28/h3-5,10-11,14-17,26-29,33,47H,6-9,12-13,18-25H2,1-2H3. The number of piperidine rings is 1. The summed E-state index contributed by atoms with van der Waals surface area (Å²) in [7, 11) is 1.86. The fourth-order valence-electron chi connectivity index (χ4n) is 8.69. The molecule has 3 aliphatic rings. The molecule has 3 atom stereocenters. The van der Waals surface area contributed by atoms with Crippen molar-refractivity contribution in [1.82, 2.24) is 24.2 Å². The van der Waals surface area contributed by atoms with Gasteiger partial charge in [-0.15, -0.1) is 0 Å². The van der Waals surface area contributed by atoms with E-state index in [9.17, 15) is 14.7 Å². The number of aliphatic hydroxyl groups is 1. The predicted molar refractivity (Wildman–Crippen MR) is 185 cm³/mol. The van der Waals surface area contributed by atoms with E-state index in [1.807, 2.05) is 30.1 Å². The van der Waals surface area contributed by atoms with Gasteiger partial charge in [0.05, 0.1) is 24.2 Å². The lowest BCUT2D eigenvalue weighted by atomic mass is 9.90. The summed E-state index contributed by atoms with van der Waals surface area (Å²) in [6.45, 7) is 3.13. The molecular formula is C39H49N5O3. The first-order chi connectivity index (χ1) is 22.8. The third kappa shape index (κ3) is 6.80. The Morgan fingerprint density at radius 2 is 1.68 bits per heavy atom. The van der Waals surface area contributed by atoms with Gasteiger partial charge in [0.25, 0.3) is 5.56 Å². The number of aryl methyl sites for hydroxylation is 1. The highest BCUT2D eigenvalue weighted by atomic mass is 16.3. The molecule has 3 fully saturated rings. The maximum absolute atomic E-state index is 13.6. The summed E-state index contributed by atoms with van der Waals surface area (Å²) in [4.78, 5) is 33.2. The van der Waals surface area contributed by atoms with Crippen molar-refractivity contribution in [3.05, 3.63) is 82.4 Å². The highest BCUT2D eigenvalue weighted by Crippen LogP contribution is 2.44. The third-order valence-corrected chi connectivity index (χ3v) is 11.5. The van der Waals surface area contributed by atoms with Crippen LogP contribution in [0.3, 0.4) is 0 Å². The lowest BCUT2D eigenvalue weighted by Crippen LogP contribution is -2.49. The number of amides is 1. The quantitative estimate of drug-likeness (QED) is 0.218. The van der Waals surface area contributed by atoms with Gasteiger partial charge in [-0.1, -0.05) is 87.2 Å². The van der Waals surface area contributed by atoms with E-state index in [0.29, 0.717) is 49.3 Å². The van der Waals surface area contributed by atoms with Gasteiger partial charge in [-0.05, 0) is 73.3 Å². The van der Waals surface area contributed by atoms with E-state index in [-0.39, 0.29) is 23.9 Å². The Hall–Kier alpha value is -3.78. The molecule has 2 saturated carbocycles. The molecule has 8 nitrogen and oxygen atoms in total. The van der Waals surface area contributed by atoms with Gasteiger partial charge in [0.15, 0.2) is 5.52 Å². The van der Waals surface area contributed by atoms with Crippen LogP contribution in [-0.4, -0.2) is 53.9 Å². The molecule has 0 spiro atoms. The second-order valence-electron chi connectivity index (χ2n) is 14.9. The minimum absolute atomic E-state index is 0.101. The lowest BCUT2D eigenvalue weighted by Gasteiger charge is -2.38. The first kappa shape index (κ1) is 31.8.